The van der Waals surface area contributed by atoms with E-state index in [9.17, 15) is 8.42 Å². The molecule has 1 rings (SSSR count). The average Bonchev–Trinajstić information content (AvgIpc) is 2.34. The summed E-state index contributed by atoms with van der Waals surface area (Å²) in [5, 5.41) is 0. The second-order valence-corrected chi connectivity index (χ2v) is 6.54. The number of ether oxygens (including phenoxy) is 1. The van der Waals surface area contributed by atoms with Crippen molar-refractivity contribution in [1.29, 1.82) is 0 Å². The highest BCUT2D eigenvalue weighted by atomic mass is 32.2. The fraction of sp³-hybridized carbons (Fsp3) is 0.583. The molecule has 0 saturated carbocycles. The zero-order chi connectivity index (χ0) is 14.5. The number of nitrogen functional groups attached to an aromatic ring is 1. The highest BCUT2D eigenvalue weighted by Gasteiger charge is 2.27. The van der Waals surface area contributed by atoms with Crippen LogP contribution < -0.4 is 5.73 Å². The lowest BCUT2D eigenvalue weighted by molar-refractivity contribution is 0.175. The Hall–Kier alpha value is -1.18. The summed E-state index contributed by atoms with van der Waals surface area (Å²) >= 11 is 0. The van der Waals surface area contributed by atoms with E-state index in [1.54, 1.807) is 13.2 Å². The minimum Gasteiger partial charge on any atom is -0.383 e. The molecule has 0 aliphatic heterocycles. The van der Waals surface area contributed by atoms with Crippen LogP contribution in [-0.4, -0.2) is 44.5 Å². The molecule has 6 nitrogen and oxygen atoms in total. The van der Waals surface area contributed by atoms with Crippen molar-refractivity contribution in [3.05, 3.63) is 18.3 Å². The van der Waals surface area contributed by atoms with E-state index in [-0.39, 0.29) is 16.6 Å². The molecule has 0 unspecified atom stereocenters. The summed E-state index contributed by atoms with van der Waals surface area (Å²) in [5.74, 6) is 0.234. The number of pyridine rings is 1. The van der Waals surface area contributed by atoms with Gasteiger partial charge in [-0.2, -0.15) is 4.31 Å². The smallest absolute Gasteiger partial charge is 0.246 e. The second-order valence-electron chi connectivity index (χ2n) is 4.64. The number of methoxy groups -OCH3 is 1. The molecule has 7 heteroatoms. The molecule has 1 aromatic heterocycles. The summed E-state index contributed by atoms with van der Waals surface area (Å²) in [4.78, 5) is 3.88. The predicted octanol–water partition coefficient (Wildman–Crippen LogP) is 0.957. The number of hydrogen-bond donors (Lipinski definition) is 1. The van der Waals surface area contributed by atoms with Gasteiger partial charge in [-0.25, -0.2) is 13.4 Å². The third kappa shape index (κ3) is 4.15. The van der Waals surface area contributed by atoms with E-state index in [0.29, 0.717) is 19.7 Å². The van der Waals surface area contributed by atoms with Gasteiger partial charge in [0.2, 0.25) is 10.0 Å². The number of aromatic nitrogens is 1. The average molecular weight is 287 g/mol. The number of nitrogens with two attached hydrogens (primary N) is 1. The quantitative estimate of drug-likeness (QED) is 0.807. The Balaban J connectivity index is 3.08. The number of anilines is 1. The SMILES string of the molecule is COCCN(CC(C)C)S(=O)(=O)c1cccnc1N. The van der Waals surface area contributed by atoms with Crippen LogP contribution in [0, 0.1) is 5.92 Å². The van der Waals surface area contributed by atoms with E-state index in [1.165, 1.54) is 16.6 Å². The third-order valence-corrected chi connectivity index (χ3v) is 4.44. The summed E-state index contributed by atoms with van der Waals surface area (Å²) in [5.41, 5.74) is 5.66. The molecule has 1 heterocycles. The van der Waals surface area contributed by atoms with Gasteiger partial charge in [0.05, 0.1) is 6.61 Å². The minimum atomic E-state index is -3.63. The van der Waals surface area contributed by atoms with Gasteiger partial charge in [0.25, 0.3) is 0 Å². The van der Waals surface area contributed by atoms with Crippen molar-refractivity contribution in [3.8, 4) is 0 Å². The lowest BCUT2D eigenvalue weighted by Crippen LogP contribution is -2.37. The Morgan fingerprint density at radius 3 is 2.68 bits per heavy atom. The summed E-state index contributed by atoms with van der Waals surface area (Å²) in [7, 11) is -2.09. The molecule has 0 saturated heterocycles. The van der Waals surface area contributed by atoms with Gasteiger partial charge < -0.3 is 10.5 Å². The molecular weight excluding hydrogens is 266 g/mol. The van der Waals surface area contributed by atoms with E-state index in [2.05, 4.69) is 4.98 Å². The maximum atomic E-state index is 12.5. The molecular formula is C12H21N3O3S. The summed E-state index contributed by atoms with van der Waals surface area (Å²) in [6.45, 7) is 4.97. The van der Waals surface area contributed by atoms with Crippen molar-refractivity contribution in [2.75, 3.05) is 32.5 Å². The van der Waals surface area contributed by atoms with Crippen molar-refractivity contribution in [1.82, 2.24) is 9.29 Å². The van der Waals surface area contributed by atoms with Gasteiger partial charge in [0.15, 0.2) is 0 Å². The lowest BCUT2D eigenvalue weighted by Gasteiger charge is -2.24. The lowest BCUT2D eigenvalue weighted by atomic mass is 10.2. The fourth-order valence-corrected chi connectivity index (χ4v) is 3.32. The van der Waals surface area contributed by atoms with E-state index in [1.807, 2.05) is 13.8 Å². The van der Waals surface area contributed by atoms with Gasteiger partial charge in [-0.15, -0.1) is 0 Å². The molecule has 108 valence electrons. The normalized spacial score (nSPS) is 12.3. The van der Waals surface area contributed by atoms with Crippen molar-refractivity contribution in [3.63, 3.8) is 0 Å². The monoisotopic (exact) mass is 287 g/mol. The Labute approximate surface area is 114 Å². The number of hydrogen-bond acceptors (Lipinski definition) is 5. The topological polar surface area (TPSA) is 85.5 Å². The largest absolute Gasteiger partial charge is 0.383 e. The molecule has 2 N–H and O–H groups in total. The molecule has 0 atom stereocenters. The molecule has 0 radical (unpaired) electrons. The van der Waals surface area contributed by atoms with Crippen molar-refractivity contribution < 1.29 is 13.2 Å². The molecule has 1 aromatic rings. The number of sulfonamides is 1. The van der Waals surface area contributed by atoms with Crippen LogP contribution >= 0.6 is 0 Å². The summed E-state index contributed by atoms with van der Waals surface area (Å²) < 4.78 is 31.4. The first-order chi connectivity index (χ1) is 8.89. The third-order valence-electron chi connectivity index (χ3n) is 2.53. The standard InChI is InChI=1S/C12H21N3O3S/c1-10(2)9-15(7-8-18-3)19(16,17)11-5-4-6-14-12(11)13/h4-6,10H,7-9H2,1-3H3,(H2,13,14). The first kappa shape index (κ1) is 15.9. The predicted molar refractivity (Wildman–Crippen MR) is 74.1 cm³/mol. The first-order valence-electron chi connectivity index (χ1n) is 6.09. The molecule has 0 spiro atoms. The first-order valence-corrected chi connectivity index (χ1v) is 7.53. The van der Waals surface area contributed by atoms with E-state index in [0.717, 1.165) is 0 Å². The van der Waals surface area contributed by atoms with Crippen LogP contribution in [-0.2, 0) is 14.8 Å². The molecule has 0 aliphatic rings. The van der Waals surface area contributed by atoms with E-state index in [4.69, 9.17) is 10.5 Å². The number of nitrogens with zero attached hydrogens (tertiary/aromatic N) is 2. The summed E-state index contributed by atoms with van der Waals surface area (Å²) in [6.07, 6.45) is 1.47. The van der Waals surface area contributed by atoms with Gasteiger partial charge in [-0.1, -0.05) is 13.8 Å². The van der Waals surface area contributed by atoms with E-state index >= 15 is 0 Å². The van der Waals surface area contributed by atoms with Crippen LogP contribution in [0.2, 0.25) is 0 Å². The minimum absolute atomic E-state index is 0.0219. The van der Waals surface area contributed by atoms with Gasteiger partial charge >= 0.3 is 0 Å². The molecule has 0 bridgehead atoms. The van der Waals surface area contributed by atoms with Crippen LogP contribution in [0.4, 0.5) is 5.82 Å². The fourth-order valence-electron chi connectivity index (χ4n) is 1.67. The highest BCUT2D eigenvalue weighted by molar-refractivity contribution is 7.89. The number of rotatable bonds is 7. The van der Waals surface area contributed by atoms with Crippen molar-refractivity contribution >= 4 is 15.8 Å². The van der Waals surface area contributed by atoms with E-state index < -0.39 is 10.0 Å². The molecule has 19 heavy (non-hydrogen) atoms. The Kier molecular flexibility index (Phi) is 5.71. The van der Waals surface area contributed by atoms with Crippen LogP contribution in [0.5, 0.6) is 0 Å². The van der Waals surface area contributed by atoms with Gasteiger partial charge in [0, 0.05) is 26.4 Å². The van der Waals surface area contributed by atoms with Crippen LogP contribution in [0.1, 0.15) is 13.8 Å². The maximum absolute atomic E-state index is 12.5. The zero-order valence-electron chi connectivity index (χ0n) is 11.5. The van der Waals surface area contributed by atoms with Gasteiger partial charge in [0.1, 0.15) is 10.7 Å². The maximum Gasteiger partial charge on any atom is 0.246 e. The summed E-state index contributed by atoms with van der Waals surface area (Å²) in [6, 6.07) is 3.03. The molecule has 0 aliphatic carbocycles. The molecule has 0 amide bonds. The van der Waals surface area contributed by atoms with Crippen LogP contribution in [0.25, 0.3) is 0 Å². The van der Waals surface area contributed by atoms with Crippen molar-refractivity contribution in [2.45, 2.75) is 18.7 Å². The van der Waals surface area contributed by atoms with Crippen molar-refractivity contribution in [2.24, 2.45) is 5.92 Å². The van der Waals surface area contributed by atoms with Crippen LogP contribution in [0.15, 0.2) is 23.2 Å². The zero-order valence-corrected chi connectivity index (χ0v) is 12.4. The molecule has 0 fully saturated rings. The van der Waals surface area contributed by atoms with Gasteiger partial charge in [-0.3, -0.25) is 0 Å². The molecule has 0 aromatic carbocycles. The Bertz CT molecular complexity index is 503. The Morgan fingerprint density at radius 2 is 2.16 bits per heavy atom. The highest BCUT2D eigenvalue weighted by Crippen LogP contribution is 2.20. The van der Waals surface area contributed by atoms with Crippen LogP contribution in [0.3, 0.4) is 0 Å². The Morgan fingerprint density at radius 1 is 1.47 bits per heavy atom. The van der Waals surface area contributed by atoms with Gasteiger partial charge in [-0.05, 0) is 18.1 Å². The second kappa shape index (κ2) is 6.83.